The van der Waals surface area contributed by atoms with Crippen LogP contribution >= 0.6 is 0 Å². The first-order valence-electron chi connectivity index (χ1n) is 6.05. The average Bonchev–Trinajstić information content (AvgIpc) is 2.66. The van der Waals surface area contributed by atoms with Gasteiger partial charge in [0.05, 0.1) is 6.20 Å². The van der Waals surface area contributed by atoms with Crippen LogP contribution in [0.3, 0.4) is 0 Å². The molecular formula is C13H16N2O. The van der Waals surface area contributed by atoms with Gasteiger partial charge in [0.15, 0.2) is 0 Å². The molecule has 3 aliphatic rings. The lowest BCUT2D eigenvalue weighted by molar-refractivity contribution is 0.222. The summed E-state index contributed by atoms with van der Waals surface area (Å²) in [6.07, 6.45) is 5.63. The first-order valence-corrected chi connectivity index (χ1v) is 6.05. The summed E-state index contributed by atoms with van der Waals surface area (Å²) < 4.78 is 4.99. The fraction of sp³-hybridized carbons (Fsp3) is 0.615. The minimum absolute atomic E-state index is 0.514. The van der Waals surface area contributed by atoms with E-state index in [4.69, 9.17) is 4.52 Å². The van der Waals surface area contributed by atoms with Crippen LogP contribution in [0.5, 0.6) is 0 Å². The van der Waals surface area contributed by atoms with Crippen molar-refractivity contribution in [2.45, 2.75) is 19.3 Å². The molecule has 0 N–H and O–H groups in total. The van der Waals surface area contributed by atoms with E-state index in [1.807, 2.05) is 6.07 Å². The van der Waals surface area contributed by atoms with Crippen molar-refractivity contribution in [2.24, 2.45) is 11.8 Å². The third-order valence-corrected chi connectivity index (χ3v) is 3.64. The Morgan fingerprint density at radius 2 is 2.25 bits per heavy atom. The minimum atomic E-state index is 0.514. The van der Waals surface area contributed by atoms with Crippen molar-refractivity contribution in [3.8, 4) is 11.8 Å². The van der Waals surface area contributed by atoms with Gasteiger partial charge in [-0.1, -0.05) is 11.1 Å². The van der Waals surface area contributed by atoms with Crippen LogP contribution in [0, 0.1) is 23.7 Å². The van der Waals surface area contributed by atoms with Gasteiger partial charge in [-0.15, -0.1) is 0 Å². The molecule has 3 heteroatoms. The zero-order valence-electron chi connectivity index (χ0n) is 9.35. The van der Waals surface area contributed by atoms with E-state index < -0.39 is 0 Å². The van der Waals surface area contributed by atoms with Crippen molar-refractivity contribution in [1.82, 2.24) is 10.1 Å². The topological polar surface area (TPSA) is 29.3 Å². The molecule has 4 heterocycles. The van der Waals surface area contributed by atoms with Crippen molar-refractivity contribution in [2.75, 3.05) is 19.6 Å². The van der Waals surface area contributed by atoms with Crippen molar-refractivity contribution in [1.29, 1.82) is 0 Å². The van der Waals surface area contributed by atoms with E-state index in [1.54, 1.807) is 6.20 Å². The van der Waals surface area contributed by atoms with Gasteiger partial charge in [0.25, 0.3) is 0 Å². The average molecular weight is 216 g/mol. The van der Waals surface area contributed by atoms with Crippen LogP contribution in [-0.4, -0.2) is 29.7 Å². The molecule has 0 radical (unpaired) electrons. The Balaban J connectivity index is 1.71. The predicted octanol–water partition coefficient (Wildman–Crippen LogP) is 1.76. The van der Waals surface area contributed by atoms with Crippen LogP contribution in [0.15, 0.2) is 16.8 Å². The van der Waals surface area contributed by atoms with Crippen molar-refractivity contribution >= 4 is 0 Å². The number of piperidine rings is 1. The highest BCUT2D eigenvalue weighted by atomic mass is 16.5. The van der Waals surface area contributed by atoms with Crippen LogP contribution in [0.4, 0.5) is 0 Å². The van der Waals surface area contributed by atoms with Crippen LogP contribution < -0.4 is 0 Å². The monoisotopic (exact) mass is 216 g/mol. The Labute approximate surface area is 95.8 Å². The lowest BCUT2D eigenvalue weighted by atomic mass is 9.91. The van der Waals surface area contributed by atoms with Gasteiger partial charge in [0, 0.05) is 18.5 Å². The third-order valence-electron chi connectivity index (χ3n) is 3.64. The highest BCUT2D eigenvalue weighted by Crippen LogP contribution is 2.29. The highest BCUT2D eigenvalue weighted by Gasteiger charge is 2.27. The largest absolute Gasteiger partial charge is 0.348 e. The van der Waals surface area contributed by atoms with Gasteiger partial charge < -0.3 is 9.42 Å². The van der Waals surface area contributed by atoms with Gasteiger partial charge in [-0.25, -0.2) is 0 Å². The summed E-state index contributed by atoms with van der Waals surface area (Å²) in [7, 11) is 0. The molecule has 0 amide bonds. The van der Waals surface area contributed by atoms with E-state index in [-0.39, 0.29) is 0 Å². The summed E-state index contributed by atoms with van der Waals surface area (Å²) >= 11 is 0. The molecule has 1 unspecified atom stereocenters. The zero-order chi connectivity index (χ0) is 10.8. The highest BCUT2D eigenvalue weighted by molar-refractivity contribution is 5.24. The number of fused-ring (bicyclic) bond motifs is 4. The molecule has 1 atom stereocenters. The Bertz CT molecular complexity index is 379. The van der Waals surface area contributed by atoms with E-state index >= 15 is 0 Å². The van der Waals surface area contributed by atoms with E-state index in [0.717, 1.165) is 12.5 Å². The number of hydrogen-bond acceptors (Lipinski definition) is 3. The molecule has 4 rings (SSSR count). The second kappa shape index (κ2) is 4.31. The molecule has 1 aromatic rings. The molecule has 3 aliphatic heterocycles. The SMILES string of the molecule is C(#CC1CC2CCN(CC2)C1)c1ccno1. The van der Waals surface area contributed by atoms with E-state index in [1.165, 1.54) is 32.4 Å². The first kappa shape index (κ1) is 9.92. The molecule has 0 saturated carbocycles. The van der Waals surface area contributed by atoms with Crippen molar-refractivity contribution in [3.05, 3.63) is 18.0 Å². The quantitative estimate of drug-likeness (QED) is 0.619. The zero-order valence-corrected chi connectivity index (χ0v) is 9.35. The molecule has 16 heavy (non-hydrogen) atoms. The van der Waals surface area contributed by atoms with Gasteiger partial charge in [0.1, 0.15) is 0 Å². The van der Waals surface area contributed by atoms with Crippen LogP contribution in [-0.2, 0) is 0 Å². The molecule has 3 saturated heterocycles. The van der Waals surface area contributed by atoms with Crippen molar-refractivity contribution < 1.29 is 4.52 Å². The Morgan fingerprint density at radius 1 is 1.38 bits per heavy atom. The molecule has 0 aliphatic carbocycles. The summed E-state index contributed by atoms with van der Waals surface area (Å²) in [5.74, 6) is 8.52. The van der Waals surface area contributed by atoms with Gasteiger partial charge in [-0.2, -0.15) is 0 Å². The molecule has 2 bridgehead atoms. The van der Waals surface area contributed by atoms with E-state index in [9.17, 15) is 0 Å². The maximum absolute atomic E-state index is 4.99. The summed E-state index contributed by atoms with van der Waals surface area (Å²) in [5, 5.41) is 3.66. The van der Waals surface area contributed by atoms with Gasteiger partial charge in [-0.05, 0) is 44.2 Å². The molecule has 3 fully saturated rings. The lowest BCUT2D eigenvalue weighted by Gasteiger charge is -2.25. The summed E-state index contributed by atoms with van der Waals surface area (Å²) in [5.41, 5.74) is 0. The molecule has 0 aromatic carbocycles. The second-order valence-corrected chi connectivity index (χ2v) is 4.82. The summed E-state index contributed by atoms with van der Waals surface area (Å²) in [6.45, 7) is 3.67. The summed E-state index contributed by atoms with van der Waals surface area (Å²) in [6, 6.07) is 1.82. The molecular weight excluding hydrogens is 200 g/mol. The first-order chi connectivity index (χ1) is 7.90. The third kappa shape index (κ3) is 2.12. The predicted molar refractivity (Wildman–Crippen MR) is 60.7 cm³/mol. The fourth-order valence-electron chi connectivity index (χ4n) is 2.75. The second-order valence-electron chi connectivity index (χ2n) is 4.82. The number of nitrogens with zero attached hydrogens (tertiary/aromatic N) is 2. The van der Waals surface area contributed by atoms with Crippen molar-refractivity contribution in [3.63, 3.8) is 0 Å². The standard InChI is InChI=1S/C13H16N2O/c1(2-13-3-6-14-16-13)12-9-11-4-7-15(10-12)8-5-11/h3,6,11-12H,4-5,7-10H2. The molecule has 1 aromatic heterocycles. The van der Waals surface area contributed by atoms with Crippen LogP contribution in [0.2, 0.25) is 0 Å². The Morgan fingerprint density at radius 3 is 3.00 bits per heavy atom. The number of hydrogen-bond donors (Lipinski definition) is 0. The Kier molecular flexibility index (Phi) is 2.67. The normalized spacial score (nSPS) is 32.9. The Hall–Kier alpha value is -1.27. The molecule has 0 spiro atoms. The fourth-order valence-corrected chi connectivity index (χ4v) is 2.75. The van der Waals surface area contributed by atoms with Crippen LogP contribution in [0.25, 0.3) is 0 Å². The lowest BCUT2D eigenvalue weighted by Crippen LogP contribution is -2.31. The maximum atomic E-state index is 4.99. The molecule has 3 nitrogen and oxygen atoms in total. The van der Waals surface area contributed by atoms with E-state index in [2.05, 4.69) is 21.9 Å². The van der Waals surface area contributed by atoms with Gasteiger partial charge in [-0.3, -0.25) is 0 Å². The van der Waals surface area contributed by atoms with Gasteiger partial charge in [0.2, 0.25) is 5.76 Å². The smallest absolute Gasteiger partial charge is 0.209 e. The van der Waals surface area contributed by atoms with Crippen LogP contribution in [0.1, 0.15) is 25.0 Å². The molecule has 84 valence electrons. The minimum Gasteiger partial charge on any atom is -0.348 e. The number of rotatable bonds is 0. The maximum Gasteiger partial charge on any atom is 0.209 e. The van der Waals surface area contributed by atoms with E-state index in [0.29, 0.717) is 11.7 Å². The van der Waals surface area contributed by atoms with Gasteiger partial charge >= 0.3 is 0 Å². The summed E-state index contributed by atoms with van der Waals surface area (Å²) in [4.78, 5) is 2.54. The number of aromatic nitrogens is 1.